The number of non-ortho nitro benzene ring substituents is 1. The Morgan fingerprint density at radius 1 is 0.364 bits per heavy atom. The van der Waals surface area contributed by atoms with Crippen LogP contribution in [0.4, 0.5) is 5.69 Å². The summed E-state index contributed by atoms with van der Waals surface area (Å²) in [5, 5.41) is 11.4. The highest BCUT2D eigenvalue weighted by Gasteiger charge is 2.48. The largest absolute Gasteiger partial charge is 0.497 e. The van der Waals surface area contributed by atoms with Crippen molar-refractivity contribution < 1.29 is 85.9 Å². The first-order chi connectivity index (χ1) is 55.9. The Bertz CT molecular complexity index is 4600. The number of hydrogen-bond acceptors (Lipinski definition) is 23. The molecule has 0 bridgehead atoms. The third-order valence-corrected chi connectivity index (χ3v) is 21.0. The van der Waals surface area contributed by atoms with Gasteiger partial charge in [-0.3, -0.25) is 10.1 Å². The molecule has 10 rings (SSSR count). The van der Waals surface area contributed by atoms with Crippen molar-refractivity contribution in [2.45, 2.75) is 257 Å². The normalized spacial score (nSPS) is 18.2. The van der Waals surface area contributed by atoms with E-state index >= 15 is 0 Å². The predicted molar refractivity (Wildman–Crippen MR) is 451 cm³/mol. The lowest BCUT2D eigenvalue weighted by Gasteiger charge is -2.38. The Labute approximate surface area is 697 Å². The Kier molecular flexibility index (Phi) is 34.2. The molecule has 0 spiro atoms. The number of nitrogens with zero attached hydrogens (tertiary/aromatic N) is 5. The summed E-state index contributed by atoms with van der Waals surface area (Å²) in [7, 11) is 5.29. The maximum atomic E-state index is 13.3. The van der Waals surface area contributed by atoms with Crippen LogP contribution in [-0.4, -0.2) is 156 Å². The minimum atomic E-state index is -0.819. The van der Waals surface area contributed by atoms with E-state index in [9.17, 15) is 48.5 Å². The molecule has 6 aliphatic rings. The molecule has 2 fully saturated rings. The van der Waals surface area contributed by atoms with Crippen LogP contribution in [0.5, 0.6) is 5.75 Å². The van der Waals surface area contributed by atoms with Gasteiger partial charge in [0, 0.05) is 83.9 Å². The molecule has 4 unspecified atom stereocenters. The fourth-order valence-corrected chi connectivity index (χ4v) is 14.9. The van der Waals surface area contributed by atoms with Gasteiger partial charge in [0.15, 0.2) is 0 Å². The Morgan fingerprint density at radius 2 is 0.627 bits per heavy atom. The number of esters is 8. The lowest BCUT2D eigenvalue weighted by atomic mass is 9.79. The number of allylic oxidation sites excluding steroid dienone is 8. The highest BCUT2D eigenvalue weighted by molar-refractivity contribution is 6.03. The second kappa shape index (κ2) is 42.9. The van der Waals surface area contributed by atoms with E-state index in [4.69, 9.17) is 42.6 Å². The van der Waals surface area contributed by atoms with E-state index in [1.807, 2.05) is 225 Å². The second-order valence-electron chi connectivity index (χ2n) is 31.4. The second-order valence-corrected chi connectivity index (χ2v) is 31.4. The van der Waals surface area contributed by atoms with Crippen molar-refractivity contribution in [1.82, 2.24) is 19.6 Å². The van der Waals surface area contributed by atoms with Crippen LogP contribution in [0.25, 0.3) is 0 Å². The third-order valence-electron chi connectivity index (χ3n) is 21.0. The lowest BCUT2D eigenvalue weighted by molar-refractivity contribution is -0.384. The Hall–Kier alpha value is -11.0. The lowest BCUT2D eigenvalue weighted by Crippen LogP contribution is -2.37. The molecule has 2 aliphatic carbocycles. The number of rotatable bonds is 28. The molecule has 24 heteroatoms. The summed E-state index contributed by atoms with van der Waals surface area (Å²) in [5.74, 6) is -5.14. The average molecular weight is 1630 g/mol. The smallest absolute Gasteiger partial charge is 0.337 e. The van der Waals surface area contributed by atoms with Crippen molar-refractivity contribution in [2.75, 3.05) is 47.6 Å². The summed E-state index contributed by atoms with van der Waals surface area (Å²) < 4.78 is 49.4. The molecular weight excluding hydrogens is 1500 g/mol. The van der Waals surface area contributed by atoms with Crippen molar-refractivity contribution in [3.63, 3.8) is 0 Å². The summed E-state index contributed by atoms with van der Waals surface area (Å²) in [6.45, 7) is 40.6. The molecule has 4 atom stereocenters. The standard InChI is InChI=1S/C24H30N2O6.C24H31NO4.C23H31NO5.C23H31NO4/c1-6-12-31-23(27)20-15(4)25(18-10-11-18)16(5)21(24(28)32-14(2)3)22(20)17-8-7-9-19(13-17)26(29)30;1-6-14-28-23(26)20-16(4)25(19-12-13-19)17(5)21(24(27)29-15(2)3)22(20)18-10-8-7-9-11-18;1-8-13-28-22(25)19-15(4)24(6)16(5)20(23(26)29-14(2)3)21(19)17-9-11-18(27-7)12-10-17;1-8-13-27-22(25)19-16(5)24(7)17(6)20(23(26)28-14(2)3)21(19)18-11-9-15(4)10-12-18/h7-9,13-14,18,22H,6,10-12H2,1-5H3;7-11,15,19,22H,6,12-14H2,1-5H3;9-12,14,21H,8,13H2,1-7H3;9-12,14,21H,8,13H2,1-7H3. The molecule has 4 heterocycles. The van der Waals surface area contributed by atoms with Crippen molar-refractivity contribution in [3.05, 3.63) is 231 Å². The molecule has 24 nitrogen and oxygen atoms in total. The number of benzene rings is 4. The van der Waals surface area contributed by atoms with Gasteiger partial charge < -0.3 is 62.2 Å². The molecule has 638 valence electrons. The molecule has 0 saturated heterocycles. The molecule has 0 radical (unpaired) electrons. The molecule has 118 heavy (non-hydrogen) atoms. The summed E-state index contributed by atoms with van der Waals surface area (Å²) in [6, 6.07) is 31.5. The number of methoxy groups -OCH3 is 1. The zero-order valence-corrected chi connectivity index (χ0v) is 73.6. The van der Waals surface area contributed by atoms with Crippen LogP contribution in [0.1, 0.15) is 241 Å². The maximum Gasteiger partial charge on any atom is 0.337 e. The van der Waals surface area contributed by atoms with E-state index in [0.717, 1.165) is 101 Å². The van der Waals surface area contributed by atoms with E-state index in [-0.39, 0.29) is 60.7 Å². The van der Waals surface area contributed by atoms with Gasteiger partial charge in [-0.05, 0) is 203 Å². The van der Waals surface area contributed by atoms with Gasteiger partial charge in [-0.1, -0.05) is 112 Å². The number of nitro groups is 1. The zero-order valence-electron chi connectivity index (χ0n) is 73.6. The van der Waals surface area contributed by atoms with Crippen molar-refractivity contribution >= 4 is 53.4 Å². The fourth-order valence-electron chi connectivity index (χ4n) is 14.9. The van der Waals surface area contributed by atoms with Crippen LogP contribution < -0.4 is 4.74 Å². The summed E-state index contributed by atoms with van der Waals surface area (Å²) in [5.41, 5.74) is 13.9. The van der Waals surface area contributed by atoms with Gasteiger partial charge >= 0.3 is 47.8 Å². The maximum absolute atomic E-state index is 13.3. The van der Waals surface area contributed by atoms with E-state index in [1.54, 1.807) is 46.9 Å². The van der Waals surface area contributed by atoms with Crippen LogP contribution in [0.3, 0.4) is 0 Å². The van der Waals surface area contributed by atoms with Gasteiger partial charge in [0.1, 0.15) is 5.75 Å². The molecule has 4 aromatic rings. The van der Waals surface area contributed by atoms with Gasteiger partial charge in [-0.25, -0.2) is 38.4 Å². The van der Waals surface area contributed by atoms with Crippen molar-refractivity contribution in [2.24, 2.45) is 0 Å². The summed E-state index contributed by atoms with van der Waals surface area (Å²) >= 11 is 0. The molecule has 0 amide bonds. The van der Waals surface area contributed by atoms with Gasteiger partial charge in [-0.15, -0.1) is 0 Å². The molecule has 4 aromatic carbocycles. The van der Waals surface area contributed by atoms with Crippen LogP contribution in [0.15, 0.2) is 193 Å². The third kappa shape index (κ3) is 22.8. The highest BCUT2D eigenvalue weighted by Crippen LogP contribution is 2.51. The number of ether oxygens (including phenoxy) is 9. The molecule has 0 N–H and O–H groups in total. The number of carbonyl (C=O) groups is 8. The Morgan fingerprint density at radius 3 is 0.907 bits per heavy atom. The number of nitro benzene ring substituents is 1. The zero-order chi connectivity index (χ0) is 87.4. The first-order valence-corrected chi connectivity index (χ1v) is 41.2. The first-order valence-electron chi connectivity index (χ1n) is 41.2. The summed E-state index contributed by atoms with van der Waals surface area (Å²) in [6.07, 6.45) is 5.76. The topological polar surface area (TPSA) is 276 Å². The average Bonchev–Trinajstić information content (AvgIpc) is 1.40. The van der Waals surface area contributed by atoms with E-state index in [2.05, 4.69) is 4.90 Å². The number of hydrogen-bond donors (Lipinski definition) is 0. The molecule has 4 aliphatic heterocycles. The Balaban J connectivity index is 0.000000217. The molecule has 2 saturated carbocycles. The van der Waals surface area contributed by atoms with E-state index in [0.29, 0.717) is 99.6 Å². The van der Waals surface area contributed by atoms with E-state index in [1.165, 1.54) is 12.1 Å². The SMILES string of the molecule is CCCOC(=O)C1=C(C)N(C)C(C)=C(C(=O)OC(C)C)C1c1ccc(C)cc1.CCCOC(=O)C1=C(C)N(C)C(C)=C(C(=O)OC(C)C)C1c1ccc(OC)cc1.CCCOC(=O)C1=C(C)N(C2CC2)C(C)=C(C(=O)OC(C)C)C1c1cccc([N+](=O)[O-])c1.CCCOC(=O)C1=C(C)N(C2CC2)C(C)=C(C(=O)OC(C)C)C1c1ccccc1. The number of carbonyl (C=O) groups excluding carboxylic acids is 8. The fraction of sp³-hybridized carbons (Fsp3) is 0.489. The van der Waals surface area contributed by atoms with Crippen LogP contribution >= 0.6 is 0 Å². The van der Waals surface area contributed by atoms with Gasteiger partial charge in [0.05, 0.1) is 131 Å². The highest BCUT2D eigenvalue weighted by atomic mass is 16.6. The number of aryl methyl sites for hydroxylation is 1. The van der Waals surface area contributed by atoms with Gasteiger partial charge in [-0.2, -0.15) is 0 Å². The van der Waals surface area contributed by atoms with Crippen molar-refractivity contribution in [3.8, 4) is 5.75 Å². The molecular formula is C94H123N5O19. The first kappa shape index (κ1) is 94.1. The van der Waals surface area contributed by atoms with Crippen LogP contribution in [0, 0.1) is 17.0 Å². The molecule has 0 aromatic heterocycles. The van der Waals surface area contributed by atoms with Gasteiger partial charge in [0.2, 0.25) is 0 Å². The summed E-state index contributed by atoms with van der Waals surface area (Å²) in [4.78, 5) is 124. The van der Waals surface area contributed by atoms with Crippen LogP contribution in [0.2, 0.25) is 0 Å². The van der Waals surface area contributed by atoms with Crippen molar-refractivity contribution in [1.29, 1.82) is 0 Å². The monoisotopic (exact) mass is 1630 g/mol. The quantitative estimate of drug-likeness (QED) is 0.0221. The predicted octanol–water partition coefficient (Wildman–Crippen LogP) is 18.0. The van der Waals surface area contributed by atoms with Crippen LogP contribution in [-0.2, 0) is 76.3 Å². The van der Waals surface area contributed by atoms with E-state index < -0.39 is 58.4 Å². The minimum absolute atomic E-state index is 0.111. The minimum Gasteiger partial charge on any atom is -0.497 e. The van der Waals surface area contributed by atoms with Gasteiger partial charge in [0.25, 0.3) is 5.69 Å².